The van der Waals surface area contributed by atoms with Gasteiger partial charge in [-0.2, -0.15) is 0 Å². The lowest BCUT2D eigenvalue weighted by atomic mass is 10.2. The number of carbonyl (C=O) groups is 1. The van der Waals surface area contributed by atoms with Crippen LogP contribution in [-0.2, 0) is 14.8 Å². The van der Waals surface area contributed by atoms with Gasteiger partial charge in [-0.25, -0.2) is 17.2 Å². The molecule has 0 spiro atoms. The molecule has 0 radical (unpaired) electrons. The number of hydrogen-bond acceptors (Lipinski definition) is 4. The Labute approximate surface area is 137 Å². The van der Waals surface area contributed by atoms with Crippen LogP contribution in [0, 0.1) is 18.6 Å². The summed E-state index contributed by atoms with van der Waals surface area (Å²) in [6, 6.07) is 8.90. The first-order valence-electron chi connectivity index (χ1n) is 6.74. The summed E-state index contributed by atoms with van der Waals surface area (Å²) in [5.74, 6) is -2.41. The van der Waals surface area contributed by atoms with E-state index in [1.807, 2.05) is 5.43 Å². The zero-order chi connectivity index (χ0) is 17.7. The van der Waals surface area contributed by atoms with Crippen LogP contribution < -0.4 is 15.0 Å². The lowest BCUT2D eigenvalue weighted by Crippen LogP contribution is -2.44. The Morgan fingerprint density at radius 2 is 1.88 bits per heavy atom. The lowest BCUT2D eigenvalue weighted by Gasteiger charge is -2.11. The number of hydrazine groups is 1. The van der Waals surface area contributed by atoms with Crippen LogP contribution in [-0.4, -0.2) is 20.9 Å². The largest absolute Gasteiger partial charge is 0.483 e. The zero-order valence-corrected chi connectivity index (χ0v) is 13.4. The van der Waals surface area contributed by atoms with Crippen LogP contribution in [0.1, 0.15) is 5.56 Å². The van der Waals surface area contributed by atoms with E-state index >= 15 is 0 Å². The van der Waals surface area contributed by atoms with Gasteiger partial charge < -0.3 is 4.74 Å². The van der Waals surface area contributed by atoms with Gasteiger partial charge in [-0.05, 0) is 36.8 Å². The molecule has 128 valence electrons. The number of aryl methyl sites for hydroxylation is 1. The third-order valence-electron chi connectivity index (χ3n) is 2.96. The molecule has 0 aliphatic heterocycles. The van der Waals surface area contributed by atoms with E-state index in [1.165, 1.54) is 0 Å². The van der Waals surface area contributed by atoms with Crippen molar-refractivity contribution >= 4 is 15.9 Å². The van der Waals surface area contributed by atoms with Gasteiger partial charge in [0.15, 0.2) is 6.61 Å². The molecule has 0 aliphatic rings. The fourth-order valence-corrected chi connectivity index (χ4v) is 2.71. The molecular formula is C15H14F2N2O4S. The summed E-state index contributed by atoms with van der Waals surface area (Å²) in [5, 5.41) is 0. The highest BCUT2D eigenvalue weighted by molar-refractivity contribution is 7.89. The number of ether oxygens (including phenoxy) is 1. The standard InChI is InChI=1S/C15H14F2N2O4S/c1-10-4-2-3-5-13(10)23-9-15(20)18-19-24(21,22)14-8-11(16)6-7-12(14)17/h2-8,19H,9H2,1H3,(H,18,20). The number of para-hydroxylation sites is 1. The van der Waals surface area contributed by atoms with Crippen molar-refractivity contribution in [1.29, 1.82) is 0 Å². The highest BCUT2D eigenvalue weighted by Gasteiger charge is 2.20. The zero-order valence-electron chi connectivity index (χ0n) is 12.5. The molecule has 2 N–H and O–H groups in total. The van der Waals surface area contributed by atoms with Gasteiger partial charge in [0.25, 0.3) is 15.9 Å². The summed E-state index contributed by atoms with van der Waals surface area (Å²) >= 11 is 0. The Kier molecular flexibility index (Phi) is 5.47. The van der Waals surface area contributed by atoms with Crippen molar-refractivity contribution in [3.8, 4) is 5.75 Å². The first kappa shape index (κ1) is 17.8. The topological polar surface area (TPSA) is 84.5 Å². The van der Waals surface area contributed by atoms with E-state index in [4.69, 9.17) is 4.74 Å². The normalized spacial score (nSPS) is 11.1. The Morgan fingerprint density at radius 3 is 2.58 bits per heavy atom. The highest BCUT2D eigenvalue weighted by atomic mass is 32.2. The average Bonchev–Trinajstić information content (AvgIpc) is 2.54. The Balaban J connectivity index is 1.95. The third kappa shape index (κ3) is 4.49. The second-order valence-corrected chi connectivity index (χ2v) is 6.43. The quantitative estimate of drug-likeness (QED) is 0.771. The van der Waals surface area contributed by atoms with Crippen LogP contribution in [0.4, 0.5) is 8.78 Å². The maximum Gasteiger partial charge on any atom is 0.272 e. The van der Waals surface area contributed by atoms with Crippen molar-refractivity contribution < 1.29 is 26.7 Å². The Bertz CT molecular complexity index is 856. The van der Waals surface area contributed by atoms with E-state index < -0.39 is 39.1 Å². The molecular weight excluding hydrogens is 342 g/mol. The highest BCUT2D eigenvalue weighted by Crippen LogP contribution is 2.16. The molecule has 0 atom stereocenters. The van der Waals surface area contributed by atoms with Crippen LogP contribution in [0.2, 0.25) is 0 Å². The summed E-state index contributed by atoms with van der Waals surface area (Å²) in [7, 11) is -4.45. The molecule has 6 nitrogen and oxygen atoms in total. The monoisotopic (exact) mass is 356 g/mol. The molecule has 0 aliphatic carbocycles. The van der Waals surface area contributed by atoms with Crippen molar-refractivity contribution in [3.63, 3.8) is 0 Å². The molecule has 0 saturated carbocycles. The lowest BCUT2D eigenvalue weighted by molar-refractivity contribution is -0.123. The molecule has 9 heteroatoms. The molecule has 1 amide bonds. The van der Waals surface area contributed by atoms with Crippen molar-refractivity contribution in [2.24, 2.45) is 0 Å². The molecule has 2 rings (SSSR count). The molecule has 0 heterocycles. The minimum Gasteiger partial charge on any atom is -0.483 e. The summed E-state index contributed by atoms with van der Waals surface area (Å²) in [6.45, 7) is 1.32. The molecule has 0 aromatic heterocycles. The smallest absolute Gasteiger partial charge is 0.272 e. The van der Waals surface area contributed by atoms with Gasteiger partial charge in [0.2, 0.25) is 0 Å². The average molecular weight is 356 g/mol. The number of rotatable bonds is 6. The van der Waals surface area contributed by atoms with Gasteiger partial charge in [0.1, 0.15) is 22.3 Å². The van der Waals surface area contributed by atoms with Crippen LogP contribution >= 0.6 is 0 Å². The number of nitrogens with one attached hydrogen (secondary N) is 2. The van der Waals surface area contributed by atoms with Crippen LogP contribution in [0.5, 0.6) is 5.75 Å². The van der Waals surface area contributed by atoms with E-state index in [9.17, 15) is 22.0 Å². The van der Waals surface area contributed by atoms with Gasteiger partial charge in [0.05, 0.1) is 0 Å². The summed E-state index contributed by atoms with van der Waals surface area (Å²) in [4.78, 5) is 12.4. The number of amides is 1. The van der Waals surface area contributed by atoms with E-state index in [0.29, 0.717) is 17.9 Å². The van der Waals surface area contributed by atoms with Crippen molar-refractivity contribution in [2.45, 2.75) is 11.8 Å². The molecule has 24 heavy (non-hydrogen) atoms. The second kappa shape index (κ2) is 7.37. The maximum atomic E-state index is 13.5. The molecule has 0 saturated heterocycles. The summed E-state index contributed by atoms with van der Waals surface area (Å²) in [5.41, 5.74) is 2.67. The predicted molar refractivity (Wildman–Crippen MR) is 81.5 cm³/mol. The minimum atomic E-state index is -4.45. The fourth-order valence-electron chi connectivity index (χ4n) is 1.76. The van der Waals surface area contributed by atoms with Crippen molar-refractivity contribution in [2.75, 3.05) is 6.61 Å². The van der Waals surface area contributed by atoms with Gasteiger partial charge in [0, 0.05) is 0 Å². The Morgan fingerprint density at radius 1 is 1.17 bits per heavy atom. The molecule has 2 aromatic rings. The third-order valence-corrected chi connectivity index (χ3v) is 4.22. The predicted octanol–water partition coefficient (Wildman–Crippen LogP) is 1.66. The summed E-state index contributed by atoms with van der Waals surface area (Å²) < 4.78 is 55.5. The summed E-state index contributed by atoms with van der Waals surface area (Å²) in [6.07, 6.45) is 0. The molecule has 2 aromatic carbocycles. The van der Waals surface area contributed by atoms with Gasteiger partial charge in [-0.15, -0.1) is 4.83 Å². The van der Waals surface area contributed by atoms with E-state index in [1.54, 1.807) is 36.0 Å². The molecule has 0 unspecified atom stereocenters. The van der Waals surface area contributed by atoms with E-state index in [2.05, 4.69) is 0 Å². The number of benzene rings is 2. The van der Waals surface area contributed by atoms with Gasteiger partial charge >= 0.3 is 0 Å². The second-order valence-electron chi connectivity index (χ2n) is 4.78. The number of hydrogen-bond donors (Lipinski definition) is 2. The minimum absolute atomic E-state index is 0.459. The first-order valence-corrected chi connectivity index (χ1v) is 8.22. The van der Waals surface area contributed by atoms with Crippen LogP contribution in [0.15, 0.2) is 47.4 Å². The number of halogens is 2. The SMILES string of the molecule is Cc1ccccc1OCC(=O)NNS(=O)(=O)c1cc(F)ccc1F. The van der Waals surface area contributed by atoms with Gasteiger partial charge in [-0.1, -0.05) is 18.2 Å². The van der Waals surface area contributed by atoms with Gasteiger partial charge in [-0.3, -0.25) is 10.2 Å². The fraction of sp³-hybridized carbons (Fsp3) is 0.133. The number of sulfonamides is 1. The van der Waals surface area contributed by atoms with E-state index in [0.717, 1.165) is 11.6 Å². The first-order chi connectivity index (χ1) is 11.3. The maximum absolute atomic E-state index is 13.5. The van der Waals surface area contributed by atoms with E-state index in [-0.39, 0.29) is 0 Å². The molecule has 0 fully saturated rings. The number of carbonyl (C=O) groups excluding carboxylic acids is 1. The van der Waals surface area contributed by atoms with Crippen molar-refractivity contribution in [3.05, 3.63) is 59.7 Å². The van der Waals surface area contributed by atoms with Crippen molar-refractivity contribution in [1.82, 2.24) is 10.3 Å². The van der Waals surface area contributed by atoms with Crippen LogP contribution in [0.3, 0.4) is 0 Å². The molecule has 0 bridgehead atoms. The van der Waals surface area contributed by atoms with Crippen LogP contribution in [0.25, 0.3) is 0 Å². The Hall–Kier alpha value is -2.52.